The van der Waals surface area contributed by atoms with E-state index in [0.717, 1.165) is 0 Å². The molecule has 1 unspecified atom stereocenters. The van der Waals surface area contributed by atoms with Crippen molar-refractivity contribution in [2.24, 2.45) is 5.41 Å². The number of carbonyl (C=O) groups excluding carboxylic acids is 1. The first-order chi connectivity index (χ1) is 8.32. The van der Waals surface area contributed by atoms with Gasteiger partial charge in [-0.3, -0.25) is 4.79 Å². The van der Waals surface area contributed by atoms with Gasteiger partial charge in [0.25, 0.3) is 0 Å². The number of aliphatic hydroxyl groups excluding tert-OH is 1. The molecule has 0 aliphatic rings. The fourth-order valence-corrected chi connectivity index (χ4v) is 2.17. The van der Waals surface area contributed by atoms with Crippen LogP contribution in [0.4, 0.5) is 0 Å². The highest BCUT2D eigenvalue weighted by molar-refractivity contribution is 6.36. The lowest BCUT2D eigenvalue weighted by molar-refractivity contribution is -0.160. The van der Waals surface area contributed by atoms with Crippen molar-refractivity contribution in [3.8, 4) is 0 Å². The number of carbonyl (C=O) groups is 1. The van der Waals surface area contributed by atoms with Crippen LogP contribution in [0.5, 0.6) is 0 Å². The summed E-state index contributed by atoms with van der Waals surface area (Å²) < 4.78 is 4.94. The minimum atomic E-state index is -1.13. The van der Waals surface area contributed by atoms with Crippen molar-refractivity contribution in [3.05, 3.63) is 33.8 Å². The van der Waals surface area contributed by atoms with E-state index in [-0.39, 0.29) is 6.61 Å². The van der Waals surface area contributed by atoms with E-state index in [1.807, 2.05) is 0 Å². The van der Waals surface area contributed by atoms with E-state index in [9.17, 15) is 9.90 Å². The van der Waals surface area contributed by atoms with Crippen molar-refractivity contribution in [1.82, 2.24) is 0 Å². The van der Waals surface area contributed by atoms with Crippen molar-refractivity contribution >= 4 is 29.2 Å². The lowest BCUT2D eigenvalue weighted by Gasteiger charge is -2.29. The molecular weight excluding hydrogens is 275 g/mol. The van der Waals surface area contributed by atoms with Crippen LogP contribution in [0, 0.1) is 5.41 Å². The summed E-state index contributed by atoms with van der Waals surface area (Å²) in [5.74, 6) is -0.492. The Hall–Kier alpha value is -0.770. The van der Waals surface area contributed by atoms with Gasteiger partial charge in [-0.25, -0.2) is 0 Å². The molecule has 0 aliphatic carbocycles. The monoisotopic (exact) mass is 290 g/mol. The standard InChI is InChI=1S/C13H16Cl2O3/c1-4-18-12(17)13(2,3)11(16)10-8(14)6-5-7-9(10)15/h5-7,11,16H,4H2,1-3H3. The number of hydrogen-bond donors (Lipinski definition) is 1. The van der Waals surface area contributed by atoms with Crippen LogP contribution in [0.3, 0.4) is 0 Å². The molecule has 0 radical (unpaired) electrons. The van der Waals surface area contributed by atoms with E-state index in [1.165, 1.54) is 0 Å². The van der Waals surface area contributed by atoms with Gasteiger partial charge in [-0.05, 0) is 32.9 Å². The van der Waals surface area contributed by atoms with Gasteiger partial charge in [-0.2, -0.15) is 0 Å². The first-order valence-electron chi connectivity index (χ1n) is 5.61. The maximum absolute atomic E-state index is 11.8. The van der Waals surface area contributed by atoms with Gasteiger partial charge in [0.1, 0.15) is 0 Å². The van der Waals surface area contributed by atoms with Crippen LogP contribution in [-0.2, 0) is 9.53 Å². The smallest absolute Gasteiger partial charge is 0.314 e. The van der Waals surface area contributed by atoms with Crippen LogP contribution in [-0.4, -0.2) is 17.7 Å². The molecule has 3 nitrogen and oxygen atoms in total. The van der Waals surface area contributed by atoms with E-state index in [4.69, 9.17) is 27.9 Å². The third kappa shape index (κ3) is 2.97. The fourth-order valence-electron chi connectivity index (χ4n) is 1.56. The fraction of sp³-hybridized carbons (Fsp3) is 0.462. The molecule has 0 amide bonds. The molecule has 0 heterocycles. The van der Waals surface area contributed by atoms with Gasteiger partial charge in [-0.1, -0.05) is 29.3 Å². The average molecular weight is 291 g/mol. The van der Waals surface area contributed by atoms with Crippen molar-refractivity contribution in [1.29, 1.82) is 0 Å². The molecule has 0 aromatic heterocycles. The minimum Gasteiger partial charge on any atom is -0.465 e. The first kappa shape index (κ1) is 15.3. The number of hydrogen-bond acceptors (Lipinski definition) is 3. The summed E-state index contributed by atoms with van der Waals surface area (Å²) in [5.41, 5.74) is -0.774. The van der Waals surface area contributed by atoms with Gasteiger partial charge < -0.3 is 9.84 Å². The zero-order valence-corrected chi connectivity index (χ0v) is 12.0. The molecule has 0 saturated heterocycles. The topological polar surface area (TPSA) is 46.5 Å². The summed E-state index contributed by atoms with van der Waals surface area (Å²) in [7, 11) is 0. The van der Waals surface area contributed by atoms with Gasteiger partial charge in [0, 0.05) is 15.6 Å². The van der Waals surface area contributed by atoms with Gasteiger partial charge in [0.05, 0.1) is 18.1 Å². The van der Waals surface area contributed by atoms with Crippen molar-refractivity contribution < 1.29 is 14.6 Å². The van der Waals surface area contributed by atoms with Crippen LogP contribution in [0.15, 0.2) is 18.2 Å². The van der Waals surface area contributed by atoms with Crippen molar-refractivity contribution in [2.75, 3.05) is 6.61 Å². The van der Waals surface area contributed by atoms with Gasteiger partial charge >= 0.3 is 5.97 Å². The maximum Gasteiger partial charge on any atom is 0.314 e. The summed E-state index contributed by atoms with van der Waals surface area (Å²) in [6, 6.07) is 4.92. The normalized spacial score (nSPS) is 13.2. The largest absolute Gasteiger partial charge is 0.465 e. The van der Waals surface area contributed by atoms with E-state index in [1.54, 1.807) is 39.0 Å². The Morgan fingerprint density at radius 2 is 1.89 bits per heavy atom. The number of esters is 1. The van der Waals surface area contributed by atoms with Crippen LogP contribution < -0.4 is 0 Å². The number of ether oxygens (including phenoxy) is 1. The molecule has 5 heteroatoms. The average Bonchev–Trinajstić information content (AvgIpc) is 2.28. The minimum absolute atomic E-state index is 0.255. The Bertz CT molecular complexity index is 424. The second-order valence-electron chi connectivity index (χ2n) is 4.48. The molecule has 100 valence electrons. The van der Waals surface area contributed by atoms with Gasteiger partial charge in [-0.15, -0.1) is 0 Å². The Morgan fingerprint density at radius 3 is 2.33 bits per heavy atom. The number of aliphatic hydroxyl groups is 1. The molecule has 0 aliphatic heterocycles. The molecule has 0 fully saturated rings. The third-order valence-electron chi connectivity index (χ3n) is 2.76. The highest BCUT2D eigenvalue weighted by atomic mass is 35.5. The SMILES string of the molecule is CCOC(=O)C(C)(C)C(O)c1c(Cl)cccc1Cl. The van der Waals surface area contributed by atoms with E-state index in [0.29, 0.717) is 15.6 Å². The van der Waals surface area contributed by atoms with E-state index < -0.39 is 17.5 Å². The van der Waals surface area contributed by atoms with Crippen LogP contribution in [0.25, 0.3) is 0 Å². The predicted molar refractivity (Wildman–Crippen MR) is 71.8 cm³/mol. The number of halogens is 2. The Balaban J connectivity index is 3.13. The molecule has 1 aromatic carbocycles. The molecule has 18 heavy (non-hydrogen) atoms. The molecule has 0 saturated carbocycles. The van der Waals surface area contributed by atoms with Crippen LogP contribution >= 0.6 is 23.2 Å². The third-order valence-corrected chi connectivity index (χ3v) is 3.42. The summed E-state index contributed by atoms with van der Waals surface area (Å²) >= 11 is 12.0. The summed E-state index contributed by atoms with van der Waals surface area (Å²) in [6.45, 7) is 5.15. The molecule has 0 bridgehead atoms. The molecule has 1 rings (SSSR count). The van der Waals surface area contributed by atoms with Crippen LogP contribution in [0.1, 0.15) is 32.4 Å². The molecular formula is C13H16Cl2O3. The zero-order valence-electron chi connectivity index (χ0n) is 10.5. The van der Waals surface area contributed by atoms with Crippen molar-refractivity contribution in [3.63, 3.8) is 0 Å². The first-order valence-corrected chi connectivity index (χ1v) is 6.37. The highest BCUT2D eigenvalue weighted by Crippen LogP contribution is 2.40. The second-order valence-corrected chi connectivity index (χ2v) is 5.29. The second kappa shape index (κ2) is 5.91. The predicted octanol–water partition coefficient (Wildman–Crippen LogP) is 3.62. The summed E-state index contributed by atoms with van der Waals surface area (Å²) in [6.07, 6.45) is -1.13. The highest BCUT2D eigenvalue weighted by Gasteiger charge is 2.40. The summed E-state index contributed by atoms with van der Waals surface area (Å²) in [4.78, 5) is 11.8. The Morgan fingerprint density at radius 1 is 1.39 bits per heavy atom. The molecule has 0 spiro atoms. The van der Waals surface area contributed by atoms with Crippen molar-refractivity contribution in [2.45, 2.75) is 26.9 Å². The van der Waals surface area contributed by atoms with Crippen LogP contribution in [0.2, 0.25) is 10.0 Å². The quantitative estimate of drug-likeness (QED) is 0.862. The lowest BCUT2D eigenvalue weighted by Crippen LogP contribution is -2.33. The van der Waals surface area contributed by atoms with Gasteiger partial charge in [0.15, 0.2) is 0 Å². The molecule has 1 atom stereocenters. The Kier molecular flexibility index (Phi) is 5.02. The Labute approximate surface area is 117 Å². The lowest BCUT2D eigenvalue weighted by atomic mass is 9.82. The summed E-state index contributed by atoms with van der Waals surface area (Å²) in [5, 5.41) is 11.0. The zero-order chi connectivity index (χ0) is 13.9. The number of rotatable bonds is 4. The van der Waals surface area contributed by atoms with Gasteiger partial charge in [0.2, 0.25) is 0 Å². The number of benzene rings is 1. The molecule has 1 aromatic rings. The van der Waals surface area contributed by atoms with E-state index in [2.05, 4.69) is 0 Å². The molecule has 1 N–H and O–H groups in total. The maximum atomic E-state index is 11.8. The van der Waals surface area contributed by atoms with E-state index >= 15 is 0 Å².